The monoisotopic (exact) mass is 299 g/mol. The van der Waals surface area contributed by atoms with Crippen LogP contribution in [0.5, 0.6) is 0 Å². The molecule has 0 atom stereocenters. The maximum Gasteiger partial charge on any atom is 0.359 e. The first-order valence-electron chi connectivity index (χ1n) is 4.45. The number of esters is 1. The maximum absolute atomic E-state index is 11.4. The SMILES string of the molecule is COC(=O)c1n[nH]c2ccc(Br)c([N+](=O)[O-])c12. The van der Waals surface area contributed by atoms with E-state index in [0.717, 1.165) is 0 Å². The number of aromatic nitrogens is 2. The number of methoxy groups -OCH3 is 1. The zero-order chi connectivity index (χ0) is 12.6. The molecule has 0 radical (unpaired) electrons. The predicted molar refractivity (Wildman–Crippen MR) is 61.8 cm³/mol. The second-order valence-electron chi connectivity index (χ2n) is 3.14. The van der Waals surface area contributed by atoms with E-state index in [1.54, 1.807) is 6.07 Å². The Morgan fingerprint density at radius 1 is 1.59 bits per heavy atom. The molecule has 88 valence electrons. The number of rotatable bonds is 2. The molecule has 0 saturated heterocycles. The molecule has 1 heterocycles. The molecule has 1 aromatic heterocycles. The van der Waals surface area contributed by atoms with E-state index >= 15 is 0 Å². The Morgan fingerprint density at radius 2 is 2.29 bits per heavy atom. The lowest BCUT2D eigenvalue weighted by Gasteiger charge is -1.98. The number of nitro groups is 1. The summed E-state index contributed by atoms with van der Waals surface area (Å²) >= 11 is 3.07. The fraction of sp³-hybridized carbons (Fsp3) is 0.111. The van der Waals surface area contributed by atoms with Gasteiger partial charge in [-0.15, -0.1) is 0 Å². The summed E-state index contributed by atoms with van der Waals surface area (Å²) in [6, 6.07) is 3.10. The molecule has 0 aliphatic rings. The van der Waals surface area contributed by atoms with Gasteiger partial charge in [0.15, 0.2) is 5.69 Å². The van der Waals surface area contributed by atoms with Gasteiger partial charge in [0, 0.05) is 0 Å². The van der Waals surface area contributed by atoms with Gasteiger partial charge in [0.1, 0.15) is 5.39 Å². The molecule has 1 aromatic carbocycles. The van der Waals surface area contributed by atoms with Gasteiger partial charge in [-0.2, -0.15) is 5.10 Å². The van der Waals surface area contributed by atoms with Crippen LogP contribution in [0.1, 0.15) is 10.5 Å². The summed E-state index contributed by atoms with van der Waals surface area (Å²) in [7, 11) is 1.19. The molecule has 7 nitrogen and oxygen atoms in total. The van der Waals surface area contributed by atoms with Gasteiger partial charge in [0.2, 0.25) is 0 Å². The van der Waals surface area contributed by atoms with E-state index in [4.69, 9.17) is 0 Å². The molecule has 0 aliphatic carbocycles. The Labute approximate surface area is 103 Å². The molecule has 0 aliphatic heterocycles. The molecule has 1 N–H and O–H groups in total. The smallest absolute Gasteiger partial charge is 0.359 e. The molecule has 2 rings (SSSR count). The number of nitrogens with zero attached hydrogens (tertiary/aromatic N) is 2. The minimum absolute atomic E-state index is 0.101. The number of ether oxygens (including phenoxy) is 1. The van der Waals surface area contributed by atoms with E-state index in [1.807, 2.05) is 0 Å². The number of nitrogens with one attached hydrogen (secondary N) is 1. The summed E-state index contributed by atoms with van der Waals surface area (Å²) in [4.78, 5) is 21.8. The van der Waals surface area contributed by atoms with Crippen LogP contribution < -0.4 is 0 Å². The minimum atomic E-state index is -0.725. The zero-order valence-corrected chi connectivity index (χ0v) is 10.1. The number of benzene rings is 1. The topological polar surface area (TPSA) is 98.1 Å². The second-order valence-corrected chi connectivity index (χ2v) is 3.99. The molecular formula is C9H6BrN3O4. The standard InChI is InChI=1S/C9H6BrN3O4/c1-17-9(14)7-6-5(11-12-7)3-2-4(10)8(6)13(15)16/h2-3H,1H3,(H,11,12). The first kappa shape index (κ1) is 11.5. The molecule has 0 saturated carbocycles. The van der Waals surface area contributed by atoms with Crippen LogP contribution in [0, 0.1) is 10.1 Å². The van der Waals surface area contributed by atoms with Crippen LogP contribution in [-0.4, -0.2) is 28.2 Å². The van der Waals surface area contributed by atoms with E-state index in [1.165, 1.54) is 13.2 Å². The van der Waals surface area contributed by atoms with Crippen LogP contribution in [0.4, 0.5) is 5.69 Å². The maximum atomic E-state index is 11.4. The van der Waals surface area contributed by atoms with Crippen molar-refractivity contribution in [2.75, 3.05) is 7.11 Å². The second kappa shape index (κ2) is 4.13. The van der Waals surface area contributed by atoms with Gasteiger partial charge >= 0.3 is 5.97 Å². The highest BCUT2D eigenvalue weighted by molar-refractivity contribution is 9.10. The third-order valence-electron chi connectivity index (χ3n) is 2.21. The van der Waals surface area contributed by atoms with Crippen LogP contribution >= 0.6 is 15.9 Å². The number of carbonyl (C=O) groups is 1. The van der Waals surface area contributed by atoms with Crippen molar-refractivity contribution in [2.24, 2.45) is 0 Å². The van der Waals surface area contributed by atoms with Crippen molar-refractivity contribution in [3.05, 3.63) is 32.4 Å². The fourth-order valence-electron chi connectivity index (χ4n) is 1.49. The van der Waals surface area contributed by atoms with E-state index in [9.17, 15) is 14.9 Å². The molecule has 2 aromatic rings. The Kier molecular flexibility index (Phi) is 2.80. The highest BCUT2D eigenvalue weighted by Gasteiger charge is 2.25. The summed E-state index contributed by atoms with van der Waals surface area (Å²) in [6.45, 7) is 0. The van der Waals surface area contributed by atoms with Crippen molar-refractivity contribution < 1.29 is 14.5 Å². The van der Waals surface area contributed by atoms with E-state index in [2.05, 4.69) is 30.9 Å². The van der Waals surface area contributed by atoms with E-state index in [-0.39, 0.29) is 21.2 Å². The largest absolute Gasteiger partial charge is 0.464 e. The van der Waals surface area contributed by atoms with Crippen LogP contribution in [0.25, 0.3) is 10.9 Å². The van der Waals surface area contributed by atoms with Crippen molar-refractivity contribution in [1.82, 2.24) is 10.2 Å². The van der Waals surface area contributed by atoms with Gasteiger partial charge in [-0.05, 0) is 28.1 Å². The lowest BCUT2D eigenvalue weighted by Crippen LogP contribution is -2.03. The number of halogens is 1. The van der Waals surface area contributed by atoms with E-state index in [0.29, 0.717) is 5.52 Å². The lowest BCUT2D eigenvalue weighted by molar-refractivity contribution is -0.383. The quantitative estimate of drug-likeness (QED) is 0.519. The average molecular weight is 300 g/mol. The molecule has 0 fully saturated rings. The lowest BCUT2D eigenvalue weighted by atomic mass is 10.1. The molecule has 17 heavy (non-hydrogen) atoms. The van der Waals surface area contributed by atoms with Gasteiger partial charge in [-0.25, -0.2) is 4.79 Å². The summed E-state index contributed by atoms with van der Waals surface area (Å²) in [5.74, 6) is -0.725. The highest BCUT2D eigenvalue weighted by atomic mass is 79.9. The highest BCUT2D eigenvalue weighted by Crippen LogP contribution is 2.34. The Balaban J connectivity index is 2.85. The number of hydrogen-bond donors (Lipinski definition) is 1. The van der Waals surface area contributed by atoms with Crippen molar-refractivity contribution in [3.8, 4) is 0 Å². The first-order valence-corrected chi connectivity index (χ1v) is 5.25. The normalized spacial score (nSPS) is 10.5. The van der Waals surface area contributed by atoms with E-state index < -0.39 is 10.9 Å². The predicted octanol–water partition coefficient (Wildman–Crippen LogP) is 2.02. The van der Waals surface area contributed by atoms with Crippen LogP contribution in [-0.2, 0) is 4.74 Å². The number of nitro benzene ring substituents is 1. The Bertz CT molecular complexity index is 622. The zero-order valence-electron chi connectivity index (χ0n) is 8.56. The van der Waals surface area contributed by atoms with Crippen LogP contribution in [0.3, 0.4) is 0 Å². The summed E-state index contributed by atoms with van der Waals surface area (Å²) in [6.07, 6.45) is 0. The van der Waals surface area contributed by atoms with Gasteiger partial charge in [-0.1, -0.05) is 0 Å². The number of hydrogen-bond acceptors (Lipinski definition) is 5. The van der Waals surface area contributed by atoms with Gasteiger partial charge in [0.25, 0.3) is 5.69 Å². The number of aromatic amines is 1. The average Bonchev–Trinajstić information content (AvgIpc) is 2.70. The minimum Gasteiger partial charge on any atom is -0.464 e. The molecule has 0 bridgehead atoms. The van der Waals surface area contributed by atoms with Crippen LogP contribution in [0.2, 0.25) is 0 Å². The Morgan fingerprint density at radius 3 is 2.88 bits per heavy atom. The van der Waals surface area contributed by atoms with Crippen molar-refractivity contribution in [2.45, 2.75) is 0 Å². The third-order valence-corrected chi connectivity index (χ3v) is 2.85. The number of carbonyl (C=O) groups excluding carboxylic acids is 1. The fourth-order valence-corrected chi connectivity index (χ4v) is 1.97. The molecule has 8 heteroatoms. The van der Waals surface area contributed by atoms with Crippen molar-refractivity contribution in [1.29, 1.82) is 0 Å². The molecule has 0 amide bonds. The van der Waals surface area contributed by atoms with Crippen molar-refractivity contribution in [3.63, 3.8) is 0 Å². The summed E-state index contributed by atoms with van der Waals surface area (Å²) < 4.78 is 4.80. The van der Waals surface area contributed by atoms with Crippen LogP contribution in [0.15, 0.2) is 16.6 Å². The molecular weight excluding hydrogens is 294 g/mol. The molecule has 0 unspecified atom stereocenters. The number of H-pyrrole nitrogens is 1. The summed E-state index contributed by atoms with van der Waals surface area (Å²) in [5, 5.41) is 17.4. The molecule has 0 spiro atoms. The first-order chi connectivity index (χ1) is 8.06. The van der Waals surface area contributed by atoms with Gasteiger partial charge in [-0.3, -0.25) is 15.2 Å². The van der Waals surface area contributed by atoms with Gasteiger partial charge in [0.05, 0.1) is 22.0 Å². The van der Waals surface area contributed by atoms with Crippen molar-refractivity contribution >= 4 is 38.5 Å². The van der Waals surface area contributed by atoms with Gasteiger partial charge < -0.3 is 4.74 Å². The third kappa shape index (κ3) is 1.76. The Hall–Kier alpha value is -1.96. The summed E-state index contributed by atoms with van der Waals surface area (Å²) in [5.41, 5.74) is 0.0902. The number of fused-ring (bicyclic) bond motifs is 1.